The van der Waals surface area contributed by atoms with Crippen molar-refractivity contribution in [1.82, 2.24) is 0 Å². The quantitative estimate of drug-likeness (QED) is 0.0501. The largest absolute Gasteiger partial charge is 0.463 e. The van der Waals surface area contributed by atoms with Crippen molar-refractivity contribution in [3.8, 4) is 0 Å². The third kappa shape index (κ3) is 13.9. The standard InChI is InChI=1S/C57H56O15/c1-38(58)63-36-45-47(64-33-39-21-9-3-10-22-39)49(65-34-40-23-11-4-12-24-40)51(66-35-41-25-13-5-14-26-41)57(69-45)67-37-46-48(70-53(59)42-27-15-6-16-28-42)50(71-54(60)43-29-17-7-18-30-43)52(56(62-2)68-46)72-55(61)44-31-19-8-20-32-44/h3-32,45-52,56-57H,33-37H2,1-2H3/t45-,46-,47-,48-,49+,50+,51-,52-,56+,57?/m1/s1. The highest BCUT2D eigenvalue weighted by Crippen LogP contribution is 2.35. The molecular weight excluding hydrogens is 925 g/mol. The lowest BCUT2D eigenvalue weighted by Crippen LogP contribution is -2.64. The van der Waals surface area contributed by atoms with E-state index < -0.39 is 91.9 Å². The van der Waals surface area contributed by atoms with Gasteiger partial charge in [-0.05, 0) is 53.1 Å². The van der Waals surface area contributed by atoms with E-state index in [-0.39, 0.29) is 43.1 Å². The van der Waals surface area contributed by atoms with Crippen molar-refractivity contribution in [3.05, 3.63) is 215 Å². The molecule has 6 aromatic carbocycles. The van der Waals surface area contributed by atoms with Crippen LogP contribution in [0.1, 0.15) is 54.7 Å². The van der Waals surface area contributed by atoms with Crippen LogP contribution in [-0.4, -0.2) is 106 Å². The van der Waals surface area contributed by atoms with Crippen LogP contribution in [0.25, 0.3) is 0 Å². The van der Waals surface area contributed by atoms with Gasteiger partial charge in [0, 0.05) is 14.0 Å². The van der Waals surface area contributed by atoms with Gasteiger partial charge in [-0.1, -0.05) is 146 Å². The number of ether oxygens (including phenoxy) is 11. The lowest BCUT2D eigenvalue weighted by Gasteiger charge is -2.47. The number of hydrogen-bond donors (Lipinski definition) is 0. The highest BCUT2D eigenvalue weighted by molar-refractivity contribution is 5.91. The van der Waals surface area contributed by atoms with Crippen molar-refractivity contribution < 1.29 is 71.3 Å². The first-order valence-electron chi connectivity index (χ1n) is 23.6. The van der Waals surface area contributed by atoms with Gasteiger partial charge >= 0.3 is 23.9 Å². The SMILES string of the molecule is CO[C@H]1O[C@H](COC2O[C@H](COC(C)=O)[C@@H](OCc3ccccc3)[C@H](OCc3ccccc3)[C@H]2OCc2ccccc2)[C@@H](OC(=O)c2ccccc2)[C@H](OC(=O)c2ccccc2)[C@H]1OC(=O)c1ccccc1. The monoisotopic (exact) mass is 980 g/mol. The zero-order chi connectivity index (χ0) is 50.1. The Bertz CT molecular complexity index is 2610. The number of carbonyl (C=O) groups excluding carboxylic acids is 4. The van der Waals surface area contributed by atoms with Crippen LogP contribution >= 0.6 is 0 Å². The molecule has 10 atom stereocenters. The summed E-state index contributed by atoms with van der Waals surface area (Å²) < 4.78 is 70.3. The highest BCUT2D eigenvalue weighted by Gasteiger charge is 2.55. The number of hydrogen-bond acceptors (Lipinski definition) is 15. The number of rotatable bonds is 21. The van der Waals surface area contributed by atoms with E-state index in [4.69, 9.17) is 52.1 Å². The van der Waals surface area contributed by atoms with Crippen molar-refractivity contribution in [2.24, 2.45) is 0 Å². The maximum absolute atomic E-state index is 14.1. The molecule has 0 bridgehead atoms. The van der Waals surface area contributed by atoms with Crippen LogP contribution in [0.3, 0.4) is 0 Å². The molecule has 0 amide bonds. The summed E-state index contributed by atoms with van der Waals surface area (Å²) in [4.78, 5) is 54.4. The van der Waals surface area contributed by atoms with Gasteiger partial charge in [-0.2, -0.15) is 0 Å². The van der Waals surface area contributed by atoms with E-state index in [1.165, 1.54) is 14.0 Å². The molecular formula is C57H56O15. The Morgan fingerprint density at radius 1 is 0.389 bits per heavy atom. The minimum atomic E-state index is -1.54. The zero-order valence-electron chi connectivity index (χ0n) is 39.8. The van der Waals surface area contributed by atoms with E-state index in [2.05, 4.69) is 0 Å². The van der Waals surface area contributed by atoms with E-state index >= 15 is 0 Å². The summed E-state index contributed by atoms with van der Waals surface area (Å²) in [6.07, 6.45) is -12.4. The lowest BCUT2D eigenvalue weighted by atomic mass is 9.96. The Morgan fingerprint density at radius 3 is 1.18 bits per heavy atom. The summed E-state index contributed by atoms with van der Waals surface area (Å²) in [5.74, 6) is -2.94. The second kappa shape index (κ2) is 25.9. The maximum Gasteiger partial charge on any atom is 0.338 e. The lowest BCUT2D eigenvalue weighted by molar-refractivity contribution is -0.342. The molecule has 0 radical (unpaired) electrons. The maximum atomic E-state index is 14.1. The summed E-state index contributed by atoms with van der Waals surface area (Å²) in [6, 6.07) is 53.2. The smallest absolute Gasteiger partial charge is 0.338 e. The first-order valence-corrected chi connectivity index (χ1v) is 23.6. The van der Waals surface area contributed by atoms with Gasteiger partial charge in [0.15, 0.2) is 30.9 Å². The van der Waals surface area contributed by atoms with Gasteiger partial charge in [0.1, 0.15) is 37.1 Å². The van der Waals surface area contributed by atoms with Gasteiger partial charge in [0.25, 0.3) is 0 Å². The average molecular weight is 981 g/mol. The summed E-state index contributed by atoms with van der Waals surface area (Å²) in [7, 11) is 1.33. The molecule has 2 heterocycles. The van der Waals surface area contributed by atoms with E-state index in [9.17, 15) is 19.2 Å². The van der Waals surface area contributed by atoms with Crippen LogP contribution in [0.4, 0.5) is 0 Å². The zero-order valence-corrected chi connectivity index (χ0v) is 39.8. The van der Waals surface area contributed by atoms with Crippen LogP contribution in [0.5, 0.6) is 0 Å². The molecule has 15 heteroatoms. The van der Waals surface area contributed by atoms with Crippen LogP contribution in [-0.2, 0) is 76.7 Å². The third-order valence-corrected chi connectivity index (χ3v) is 11.9. The molecule has 2 fully saturated rings. The minimum Gasteiger partial charge on any atom is -0.463 e. The van der Waals surface area contributed by atoms with Gasteiger partial charge < -0.3 is 52.1 Å². The molecule has 8 rings (SSSR count). The molecule has 0 aliphatic carbocycles. The number of benzene rings is 6. The molecule has 0 spiro atoms. The number of carbonyl (C=O) groups is 4. The van der Waals surface area contributed by atoms with Crippen molar-refractivity contribution in [2.75, 3.05) is 20.3 Å². The van der Waals surface area contributed by atoms with Crippen molar-refractivity contribution >= 4 is 23.9 Å². The Balaban J connectivity index is 1.16. The highest BCUT2D eigenvalue weighted by atomic mass is 16.8. The summed E-state index contributed by atoms with van der Waals surface area (Å²) in [5.41, 5.74) is 3.12. The fourth-order valence-electron chi connectivity index (χ4n) is 8.30. The predicted octanol–water partition coefficient (Wildman–Crippen LogP) is 8.10. The molecule has 2 aliphatic heterocycles. The fraction of sp³-hybridized carbons (Fsp3) is 0.298. The van der Waals surface area contributed by atoms with Gasteiger partial charge in [0.05, 0.1) is 43.1 Å². The summed E-state index contributed by atoms with van der Waals surface area (Å²) >= 11 is 0. The van der Waals surface area contributed by atoms with Gasteiger partial charge in [-0.15, -0.1) is 0 Å². The van der Waals surface area contributed by atoms with E-state index in [0.29, 0.717) is 0 Å². The topological polar surface area (TPSA) is 170 Å². The molecule has 2 saturated heterocycles. The Hall–Kier alpha value is -7.08. The van der Waals surface area contributed by atoms with Crippen molar-refractivity contribution in [3.63, 3.8) is 0 Å². The minimum absolute atomic E-state index is 0.0922. The number of methoxy groups -OCH3 is 1. The molecule has 374 valence electrons. The first-order chi connectivity index (χ1) is 35.2. The average Bonchev–Trinajstić information content (AvgIpc) is 3.42. The second-order valence-electron chi connectivity index (χ2n) is 16.9. The van der Waals surface area contributed by atoms with Crippen LogP contribution in [0.2, 0.25) is 0 Å². The molecule has 0 saturated carbocycles. The molecule has 1 unspecified atom stereocenters. The molecule has 72 heavy (non-hydrogen) atoms. The molecule has 2 aliphatic rings. The molecule has 0 aromatic heterocycles. The van der Waals surface area contributed by atoms with Crippen molar-refractivity contribution in [1.29, 1.82) is 0 Å². The Labute approximate surface area is 417 Å². The number of esters is 4. The second-order valence-corrected chi connectivity index (χ2v) is 16.9. The van der Waals surface area contributed by atoms with Crippen LogP contribution < -0.4 is 0 Å². The summed E-state index contributed by atoms with van der Waals surface area (Å²) in [5, 5.41) is 0. The molecule has 15 nitrogen and oxygen atoms in total. The normalized spacial score (nSPS) is 23.8. The van der Waals surface area contributed by atoms with Gasteiger partial charge in [0.2, 0.25) is 0 Å². The van der Waals surface area contributed by atoms with Gasteiger partial charge in [-0.25, -0.2) is 14.4 Å². The third-order valence-electron chi connectivity index (χ3n) is 11.9. The van der Waals surface area contributed by atoms with E-state index in [1.807, 2.05) is 91.0 Å². The Morgan fingerprint density at radius 2 is 0.750 bits per heavy atom. The van der Waals surface area contributed by atoms with Gasteiger partial charge in [-0.3, -0.25) is 4.79 Å². The van der Waals surface area contributed by atoms with Crippen LogP contribution in [0, 0.1) is 0 Å². The van der Waals surface area contributed by atoms with Crippen molar-refractivity contribution in [2.45, 2.75) is 88.2 Å². The predicted molar refractivity (Wildman–Crippen MR) is 259 cm³/mol. The molecule has 0 N–H and O–H groups in total. The van der Waals surface area contributed by atoms with E-state index in [1.54, 1.807) is 91.0 Å². The van der Waals surface area contributed by atoms with E-state index in [0.717, 1.165) is 16.7 Å². The molecule has 6 aromatic rings. The summed E-state index contributed by atoms with van der Waals surface area (Å²) in [6.45, 7) is 0.985. The fourth-order valence-corrected chi connectivity index (χ4v) is 8.30. The first kappa shape index (κ1) is 51.3. The Kier molecular flexibility index (Phi) is 18.4. The van der Waals surface area contributed by atoms with Crippen LogP contribution in [0.15, 0.2) is 182 Å².